The van der Waals surface area contributed by atoms with Gasteiger partial charge < -0.3 is 43.4 Å². The summed E-state index contributed by atoms with van der Waals surface area (Å²) in [7, 11) is 0. The van der Waals surface area contributed by atoms with Crippen LogP contribution in [0, 0.1) is 23.2 Å². The lowest BCUT2D eigenvalue weighted by atomic mass is 9.51. The molecule has 4 aliphatic rings. The molecule has 0 bridgehead atoms. The minimum atomic E-state index is -2.39. The molecule has 0 aromatic carbocycles. The second-order valence-corrected chi connectivity index (χ2v) is 13.5. The monoisotopic (exact) mass is 680 g/mol. The first-order valence-corrected chi connectivity index (χ1v) is 15.8. The highest BCUT2D eigenvalue weighted by atomic mass is 16.7. The van der Waals surface area contributed by atoms with Gasteiger partial charge in [0.15, 0.2) is 30.0 Å². The lowest BCUT2D eigenvalue weighted by molar-refractivity contribution is -0.279. The number of carbonyl (C=O) groups excluding carboxylic acids is 6. The van der Waals surface area contributed by atoms with E-state index in [0.29, 0.717) is 0 Å². The van der Waals surface area contributed by atoms with Gasteiger partial charge in [0, 0.05) is 40.0 Å². The van der Waals surface area contributed by atoms with Gasteiger partial charge in [-0.3, -0.25) is 28.8 Å². The number of epoxide rings is 1. The largest absolute Gasteiger partial charge is 0.459 e. The molecule has 0 radical (unpaired) electrons. The topological polar surface area (TPSA) is 211 Å². The summed E-state index contributed by atoms with van der Waals surface area (Å²) in [5.41, 5.74) is -5.85. The second kappa shape index (κ2) is 13.6. The summed E-state index contributed by atoms with van der Waals surface area (Å²) in [4.78, 5) is 77.6. The first-order chi connectivity index (χ1) is 22.3. The SMILES string of the molecule is CC(=O)O[C@@H]1[C@H](OC(=O)CC(C)C)[C@H](OC(C)=O)[C@]2(C)[C@H](OC(C)=O)/C=C\C(CO)=C/[C@@H]3OC(=O)[C@H](C)[C@@]3(O)[C@@H](OC(C)=O)[C@H]2[C@@]12CO2. The van der Waals surface area contributed by atoms with Gasteiger partial charge in [0.2, 0.25) is 0 Å². The molecule has 0 unspecified atom stereocenters. The Balaban J connectivity index is 2.15. The molecule has 2 saturated heterocycles. The van der Waals surface area contributed by atoms with Crippen LogP contribution in [0.25, 0.3) is 0 Å². The molecule has 48 heavy (non-hydrogen) atoms. The van der Waals surface area contributed by atoms with Crippen molar-refractivity contribution in [3.8, 4) is 0 Å². The minimum Gasteiger partial charge on any atom is -0.459 e. The maximum absolute atomic E-state index is 13.3. The first-order valence-electron chi connectivity index (χ1n) is 15.8. The number of hydrogen-bond acceptors (Lipinski definition) is 15. The fourth-order valence-electron chi connectivity index (χ4n) is 7.45. The summed E-state index contributed by atoms with van der Waals surface area (Å²) >= 11 is 0. The summed E-state index contributed by atoms with van der Waals surface area (Å²) < 4.78 is 41.1. The molecule has 2 N–H and O–H groups in total. The summed E-state index contributed by atoms with van der Waals surface area (Å²) in [6.45, 7) is 9.98. The lowest BCUT2D eigenvalue weighted by Crippen LogP contribution is -2.76. The Labute approximate surface area is 277 Å². The van der Waals surface area contributed by atoms with Crippen LogP contribution in [0.3, 0.4) is 0 Å². The number of fused-ring (bicyclic) bond motifs is 3. The summed E-state index contributed by atoms with van der Waals surface area (Å²) in [5.74, 6) is -7.94. The number of ether oxygens (including phenoxy) is 7. The van der Waals surface area contributed by atoms with Crippen LogP contribution in [0.4, 0.5) is 0 Å². The molecular formula is C33H44O15. The molecule has 266 valence electrons. The van der Waals surface area contributed by atoms with Gasteiger partial charge in [-0.05, 0) is 30.6 Å². The molecule has 2 aliphatic heterocycles. The molecule has 0 aromatic rings. The molecule has 0 aromatic heterocycles. The van der Waals surface area contributed by atoms with Gasteiger partial charge in [-0.1, -0.05) is 26.8 Å². The van der Waals surface area contributed by atoms with Crippen LogP contribution < -0.4 is 0 Å². The maximum atomic E-state index is 13.3. The molecule has 1 saturated carbocycles. The van der Waals surface area contributed by atoms with E-state index in [4.69, 9.17) is 33.2 Å². The van der Waals surface area contributed by atoms with Gasteiger partial charge in [0.1, 0.15) is 17.8 Å². The Morgan fingerprint density at radius 2 is 1.46 bits per heavy atom. The number of esters is 6. The molecule has 11 atom stereocenters. The van der Waals surface area contributed by atoms with E-state index in [2.05, 4.69) is 0 Å². The van der Waals surface area contributed by atoms with Gasteiger partial charge in [-0.25, -0.2) is 0 Å². The van der Waals surface area contributed by atoms with E-state index in [0.717, 1.165) is 27.7 Å². The van der Waals surface area contributed by atoms with Crippen LogP contribution in [0.15, 0.2) is 23.8 Å². The average Bonchev–Trinajstić information content (AvgIpc) is 3.72. The zero-order valence-corrected chi connectivity index (χ0v) is 28.3. The van der Waals surface area contributed by atoms with Crippen molar-refractivity contribution >= 4 is 35.8 Å². The number of rotatable bonds is 8. The van der Waals surface area contributed by atoms with Crippen LogP contribution in [0.1, 0.15) is 61.8 Å². The van der Waals surface area contributed by atoms with Crippen LogP contribution >= 0.6 is 0 Å². The zero-order chi connectivity index (χ0) is 35.9. The Morgan fingerprint density at radius 1 is 0.917 bits per heavy atom. The fraction of sp³-hybridized carbons (Fsp3) is 0.697. The van der Waals surface area contributed by atoms with E-state index >= 15 is 0 Å². The van der Waals surface area contributed by atoms with Crippen molar-refractivity contribution in [3.63, 3.8) is 0 Å². The lowest BCUT2D eigenvalue weighted by Gasteiger charge is -2.59. The molecule has 15 heteroatoms. The molecule has 15 nitrogen and oxygen atoms in total. The maximum Gasteiger partial charge on any atom is 0.312 e. The predicted molar refractivity (Wildman–Crippen MR) is 160 cm³/mol. The number of carbonyl (C=O) groups is 6. The van der Waals surface area contributed by atoms with Crippen molar-refractivity contribution in [2.24, 2.45) is 23.2 Å². The average molecular weight is 681 g/mol. The Morgan fingerprint density at radius 3 is 1.96 bits per heavy atom. The van der Waals surface area contributed by atoms with E-state index in [1.54, 1.807) is 13.8 Å². The van der Waals surface area contributed by atoms with Crippen molar-refractivity contribution in [1.82, 2.24) is 0 Å². The Hall–Kier alpha value is -3.82. The van der Waals surface area contributed by atoms with Gasteiger partial charge in [0.25, 0.3) is 0 Å². The highest BCUT2D eigenvalue weighted by molar-refractivity contribution is 5.78. The quantitative estimate of drug-likeness (QED) is 0.207. The third kappa shape index (κ3) is 6.59. The van der Waals surface area contributed by atoms with Crippen LogP contribution in [0.5, 0.6) is 0 Å². The van der Waals surface area contributed by atoms with Crippen molar-refractivity contribution < 1.29 is 72.1 Å². The van der Waals surface area contributed by atoms with Gasteiger partial charge >= 0.3 is 35.8 Å². The molecule has 2 aliphatic carbocycles. The van der Waals surface area contributed by atoms with E-state index in [-0.39, 0.29) is 24.5 Å². The van der Waals surface area contributed by atoms with Crippen molar-refractivity contribution in [3.05, 3.63) is 23.8 Å². The highest BCUT2D eigenvalue weighted by Crippen LogP contribution is 2.63. The molecule has 0 amide bonds. The normalized spacial score (nSPS) is 40.2. The van der Waals surface area contributed by atoms with Crippen LogP contribution in [-0.4, -0.2) is 107 Å². The van der Waals surface area contributed by atoms with Gasteiger partial charge in [-0.2, -0.15) is 0 Å². The molecular weight excluding hydrogens is 636 g/mol. The van der Waals surface area contributed by atoms with E-state index in [1.165, 1.54) is 32.1 Å². The Bertz CT molecular complexity index is 1390. The highest BCUT2D eigenvalue weighted by Gasteiger charge is 2.81. The van der Waals surface area contributed by atoms with Gasteiger partial charge in [0.05, 0.1) is 24.5 Å². The molecule has 1 spiro atoms. The number of hydrogen-bond donors (Lipinski definition) is 2. The summed E-state index contributed by atoms with van der Waals surface area (Å²) in [6, 6.07) is 0. The van der Waals surface area contributed by atoms with Gasteiger partial charge in [-0.15, -0.1) is 0 Å². The minimum absolute atomic E-state index is 0.0729. The van der Waals surface area contributed by atoms with Crippen LogP contribution in [-0.2, 0) is 61.9 Å². The second-order valence-electron chi connectivity index (χ2n) is 13.5. The summed E-state index contributed by atoms with van der Waals surface area (Å²) in [5, 5.41) is 22.9. The third-order valence-corrected chi connectivity index (χ3v) is 9.53. The fourth-order valence-corrected chi connectivity index (χ4v) is 7.45. The van der Waals surface area contributed by atoms with Crippen molar-refractivity contribution in [2.45, 2.75) is 110 Å². The summed E-state index contributed by atoms with van der Waals surface area (Å²) in [6.07, 6.45) is -5.45. The zero-order valence-electron chi connectivity index (χ0n) is 28.3. The van der Waals surface area contributed by atoms with Crippen molar-refractivity contribution in [1.29, 1.82) is 0 Å². The van der Waals surface area contributed by atoms with E-state index < -0.39 is 107 Å². The molecule has 3 fully saturated rings. The van der Waals surface area contributed by atoms with E-state index in [1.807, 2.05) is 0 Å². The molecule has 4 rings (SSSR count). The van der Waals surface area contributed by atoms with Crippen LogP contribution in [0.2, 0.25) is 0 Å². The van der Waals surface area contributed by atoms with E-state index in [9.17, 15) is 39.0 Å². The predicted octanol–water partition coefficient (Wildman–Crippen LogP) is 0.857. The number of aliphatic hydroxyl groups excluding tert-OH is 1. The standard InChI is InChI=1S/C33H44O15/c1-15(2)11-24(39)48-25-27(44-18(5)36)31(8)22(43-17(4)35)10-9-21(13-34)12-23-33(41,16(3)30(40)47-23)29(46-20(7)38)26(31)32(14-42-32)28(25)45-19(6)37/h9-10,12,15-16,22-23,25-29,34,41H,11,13-14H2,1-8H3/b10-9-,21-12+/t16-,22+,23-,25+,26+,27-,28+,29-,31+,32-,33-/m0/s1. The smallest absolute Gasteiger partial charge is 0.312 e. The third-order valence-electron chi connectivity index (χ3n) is 9.53. The Kier molecular flexibility index (Phi) is 10.5. The van der Waals surface area contributed by atoms with Crippen molar-refractivity contribution in [2.75, 3.05) is 13.2 Å². The molecule has 2 heterocycles. The first kappa shape index (κ1) is 37.0. The number of aliphatic hydroxyl groups is 2.